The summed E-state index contributed by atoms with van der Waals surface area (Å²) in [5, 5.41) is 9.14. The second kappa shape index (κ2) is 8.18. The van der Waals surface area contributed by atoms with E-state index in [0.717, 1.165) is 17.0 Å². The number of carboxylic acid groups (broad SMARTS) is 1. The third kappa shape index (κ3) is 4.63. The molecule has 0 saturated heterocycles. The number of carbonyl (C=O) groups is 2. The van der Waals surface area contributed by atoms with Crippen LogP contribution in [0.15, 0.2) is 35.2 Å². The number of amides is 2. The first kappa shape index (κ1) is 20.4. The van der Waals surface area contributed by atoms with E-state index < -0.39 is 32.5 Å². The second-order valence-electron chi connectivity index (χ2n) is 4.99. The number of urea groups is 1. The predicted octanol–water partition coefficient (Wildman–Crippen LogP) is 1.76. The van der Waals surface area contributed by atoms with Gasteiger partial charge >= 0.3 is 12.0 Å². The maximum Gasteiger partial charge on any atom is 0.338 e. The molecule has 0 fully saturated rings. The summed E-state index contributed by atoms with van der Waals surface area (Å²) in [7, 11) is -3.13. The number of hydrogen-bond acceptors (Lipinski definition) is 7. The van der Waals surface area contributed by atoms with Crippen LogP contribution in [0.25, 0.3) is 0 Å². The SMILES string of the molecule is CCN(C(=O)NS(=O)(=O)c1ccccc1C(=O)O)c1nc(Cl)cc(OC)n1. The Morgan fingerprint density at radius 3 is 2.56 bits per heavy atom. The normalized spacial score (nSPS) is 10.9. The molecule has 0 aliphatic carbocycles. The van der Waals surface area contributed by atoms with E-state index in [1.807, 2.05) is 0 Å². The van der Waals surface area contributed by atoms with E-state index in [1.165, 1.54) is 25.3 Å². The summed E-state index contributed by atoms with van der Waals surface area (Å²) >= 11 is 5.85. The monoisotopic (exact) mass is 414 g/mol. The Bertz CT molecular complexity index is 982. The summed E-state index contributed by atoms with van der Waals surface area (Å²) in [4.78, 5) is 31.9. The number of anilines is 1. The van der Waals surface area contributed by atoms with Crippen LogP contribution in [-0.2, 0) is 10.0 Å². The molecular weight excluding hydrogens is 400 g/mol. The number of nitrogens with one attached hydrogen (secondary N) is 1. The van der Waals surface area contributed by atoms with Gasteiger partial charge in [0, 0.05) is 12.6 Å². The van der Waals surface area contributed by atoms with Gasteiger partial charge in [-0.1, -0.05) is 23.7 Å². The van der Waals surface area contributed by atoms with Gasteiger partial charge < -0.3 is 9.84 Å². The van der Waals surface area contributed by atoms with Crippen molar-refractivity contribution in [2.75, 3.05) is 18.6 Å². The van der Waals surface area contributed by atoms with Gasteiger partial charge in [0.25, 0.3) is 10.0 Å². The lowest BCUT2D eigenvalue weighted by Crippen LogP contribution is -2.44. The molecule has 1 aromatic heterocycles. The second-order valence-corrected chi connectivity index (χ2v) is 7.03. The van der Waals surface area contributed by atoms with Crippen LogP contribution < -0.4 is 14.4 Å². The molecule has 0 saturated carbocycles. The molecule has 2 amide bonds. The third-order valence-corrected chi connectivity index (χ3v) is 4.87. The van der Waals surface area contributed by atoms with Crippen molar-refractivity contribution in [1.29, 1.82) is 0 Å². The van der Waals surface area contributed by atoms with Crippen molar-refractivity contribution in [2.24, 2.45) is 0 Å². The van der Waals surface area contributed by atoms with Crippen molar-refractivity contribution in [1.82, 2.24) is 14.7 Å². The highest BCUT2D eigenvalue weighted by molar-refractivity contribution is 7.90. The number of methoxy groups -OCH3 is 1. The van der Waals surface area contributed by atoms with E-state index in [9.17, 15) is 18.0 Å². The molecule has 0 aliphatic heterocycles. The molecule has 1 heterocycles. The number of rotatable bonds is 6. The molecule has 0 aliphatic rings. The molecule has 0 atom stereocenters. The van der Waals surface area contributed by atoms with E-state index in [2.05, 4.69) is 9.97 Å². The molecule has 0 radical (unpaired) electrons. The maximum atomic E-state index is 12.5. The van der Waals surface area contributed by atoms with Crippen LogP contribution in [0, 0.1) is 0 Å². The first-order chi connectivity index (χ1) is 12.7. The van der Waals surface area contributed by atoms with Gasteiger partial charge in [0.05, 0.1) is 12.7 Å². The molecule has 0 spiro atoms. The standard InChI is InChI=1S/C15H15ClN4O6S/c1-3-20(14-17-11(16)8-12(18-14)26-2)15(23)19-27(24,25)10-7-5-4-6-9(10)13(21)22/h4-8H,3H2,1-2H3,(H,19,23)(H,21,22). The van der Waals surface area contributed by atoms with E-state index in [0.29, 0.717) is 0 Å². The zero-order valence-corrected chi connectivity index (χ0v) is 15.8. The molecule has 27 heavy (non-hydrogen) atoms. The Morgan fingerprint density at radius 2 is 1.96 bits per heavy atom. The predicted molar refractivity (Wildman–Crippen MR) is 95.7 cm³/mol. The van der Waals surface area contributed by atoms with Crippen molar-refractivity contribution in [3.8, 4) is 5.88 Å². The molecule has 1 aromatic carbocycles. The van der Waals surface area contributed by atoms with Crippen LogP contribution in [0.4, 0.5) is 10.7 Å². The number of aromatic carboxylic acids is 1. The molecule has 12 heteroatoms. The summed E-state index contributed by atoms with van der Waals surface area (Å²) in [5.74, 6) is -1.55. The van der Waals surface area contributed by atoms with Crippen molar-refractivity contribution in [3.05, 3.63) is 41.0 Å². The zero-order chi connectivity index (χ0) is 20.2. The number of carbonyl (C=O) groups excluding carboxylic acids is 1. The lowest BCUT2D eigenvalue weighted by Gasteiger charge is -2.20. The lowest BCUT2D eigenvalue weighted by atomic mass is 10.2. The fourth-order valence-corrected chi connectivity index (χ4v) is 3.41. The van der Waals surface area contributed by atoms with Crippen molar-refractivity contribution < 1.29 is 27.9 Å². The topological polar surface area (TPSA) is 139 Å². The highest BCUT2D eigenvalue weighted by Gasteiger charge is 2.27. The van der Waals surface area contributed by atoms with E-state index in [4.69, 9.17) is 21.4 Å². The number of ether oxygens (including phenoxy) is 1. The number of aromatic nitrogens is 2. The van der Waals surface area contributed by atoms with Gasteiger partial charge in [-0.15, -0.1) is 0 Å². The summed E-state index contributed by atoms with van der Waals surface area (Å²) in [5.41, 5.74) is -0.471. The molecule has 2 N–H and O–H groups in total. The number of sulfonamides is 1. The number of nitrogens with zero attached hydrogens (tertiary/aromatic N) is 3. The molecule has 10 nitrogen and oxygen atoms in total. The van der Waals surface area contributed by atoms with Gasteiger partial charge in [0.1, 0.15) is 10.0 Å². The summed E-state index contributed by atoms with van der Waals surface area (Å²) in [6, 6.07) is 5.14. The van der Waals surface area contributed by atoms with Crippen LogP contribution in [-0.4, -0.2) is 49.1 Å². The number of benzene rings is 1. The number of halogens is 1. The molecule has 2 rings (SSSR count). The Labute approximate surface area is 159 Å². The molecule has 0 bridgehead atoms. The minimum Gasteiger partial charge on any atom is -0.481 e. The summed E-state index contributed by atoms with van der Waals surface area (Å²) in [6.07, 6.45) is 0. The summed E-state index contributed by atoms with van der Waals surface area (Å²) < 4.78 is 31.7. The minimum atomic E-state index is -4.47. The van der Waals surface area contributed by atoms with E-state index in [-0.39, 0.29) is 23.5 Å². The minimum absolute atomic E-state index is 0.00538. The fourth-order valence-electron chi connectivity index (χ4n) is 2.09. The van der Waals surface area contributed by atoms with Crippen LogP contribution in [0.5, 0.6) is 5.88 Å². The van der Waals surface area contributed by atoms with Gasteiger partial charge in [-0.2, -0.15) is 4.98 Å². The average molecular weight is 415 g/mol. The van der Waals surface area contributed by atoms with Gasteiger partial charge in [0.15, 0.2) is 0 Å². The number of carboxylic acids is 1. The van der Waals surface area contributed by atoms with Crippen molar-refractivity contribution >= 4 is 39.6 Å². The van der Waals surface area contributed by atoms with Crippen molar-refractivity contribution in [2.45, 2.75) is 11.8 Å². The van der Waals surface area contributed by atoms with Gasteiger partial charge in [0.2, 0.25) is 11.8 Å². The van der Waals surface area contributed by atoms with Crippen molar-refractivity contribution in [3.63, 3.8) is 0 Å². The average Bonchev–Trinajstić information content (AvgIpc) is 2.61. The first-order valence-corrected chi connectivity index (χ1v) is 9.31. The zero-order valence-electron chi connectivity index (χ0n) is 14.2. The molecule has 0 unspecified atom stereocenters. The molecule has 144 valence electrons. The third-order valence-electron chi connectivity index (χ3n) is 3.30. The molecular formula is C15H15ClN4O6S. The van der Waals surface area contributed by atoms with Crippen LogP contribution in [0.2, 0.25) is 5.15 Å². The lowest BCUT2D eigenvalue weighted by molar-refractivity contribution is 0.0692. The fraction of sp³-hybridized carbons (Fsp3) is 0.200. The van der Waals surface area contributed by atoms with Crippen LogP contribution in [0.1, 0.15) is 17.3 Å². The van der Waals surface area contributed by atoms with Gasteiger partial charge in [-0.05, 0) is 19.1 Å². The summed E-state index contributed by atoms with van der Waals surface area (Å²) in [6.45, 7) is 1.57. The highest BCUT2D eigenvalue weighted by atomic mass is 35.5. The quantitative estimate of drug-likeness (QED) is 0.681. The van der Waals surface area contributed by atoms with E-state index in [1.54, 1.807) is 11.6 Å². The van der Waals surface area contributed by atoms with Gasteiger partial charge in [-0.25, -0.2) is 27.7 Å². The van der Waals surface area contributed by atoms with Crippen LogP contribution >= 0.6 is 11.6 Å². The Morgan fingerprint density at radius 1 is 1.30 bits per heavy atom. The maximum absolute atomic E-state index is 12.5. The smallest absolute Gasteiger partial charge is 0.338 e. The van der Waals surface area contributed by atoms with E-state index >= 15 is 0 Å². The largest absolute Gasteiger partial charge is 0.481 e. The highest BCUT2D eigenvalue weighted by Crippen LogP contribution is 2.20. The number of hydrogen-bond donors (Lipinski definition) is 2. The Balaban J connectivity index is 2.37. The van der Waals surface area contributed by atoms with Crippen LogP contribution in [0.3, 0.4) is 0 Å². The Kier molecular flexibility index (Phi) is 6.18. The van der Waals surface area contributed by atoms with Gasteiger partial charge in [-0.3, -0.25) is 4.90 Å². The molecule has 2 aromatic rings. The Hall–Kier alpha value is -2.92. The first-order valence-electron chi connectivity index (χ1n) is 7.44.